The number of aliphatic carboxylic acids is 1. The first-order valence-electron chi connectivity index (χ1n) is 4.96. The van der Waals surface area contributed by atoms with E-state index in [1.54, 1.807) is 18.6 Å². The van der Waals surface area contributed by atoms with Crippen molar-refractivity contribution < 1.29 is 9.90 Å². The smallest absolute Gasteiger partial charge is 0.311 e. The molecule has 2 rings (SSSR count). The van der Waals surface area contributed by atoms with Gasteiger partial charge in [-0.05, 0) is 12.8 Å². The van der Waals surface area contributed by atoms with Gasteiger partial charge in [-0.3, -0.25) is 9.78 Å². The molecule has 0 aliphatic heterocycles. The van der Waals surface area contributed by atoms with Crippen molar-refractivity contribution in [3.05, 3.63) is 18.6 Å². The normalized spacial score (nSPS) is 17.9. The van der Waals surface area contributed by atoms with Crippen molar-refractivity contribution in [1.29, 1.82) is 0 Å². The highest BCUT2D eigenvalue weighted by molar-refractivity contribution is 5.76. The summed E-state index contributed by atoms with van der Waals surface area (Å²) in [6.07, 6.45) is 7.24. The summed E-state index contributed by atoms with van der Waals surface area (Å²) in [4.78, 5) is 19.0. The Morgan fingerprint density at radius 3 is 2.80 bits per heavy atom. The maximum atomic E-state index is 11.0. The zero-order chi connectivity index (χ0) is 10.7. The van der Waals surface area contributed by atoms with Gasteiger partial charge in [-0.15, -0.1) is 0 Å². The van der Waals surface area contributed by atoms with Crippen molar-refractivity contribution in [3.63, 3.8) is 0 Å². The lowest BCUT2D eigenvalue weighted by molar-refractivity contribution is -0.153. The van der Waals surface area contributed by atoms with E-state index in [9.17, 15) is 4.79 Å². The molecule has 15 heavy (non-hydrogen) atoms. The molecular weight excluding hydrogens is 194 g/mol. The highest BCUT2D eigenvalue weighted by atomic mass is 16.4. The predicted molar refractivity (Wildman–Crippen MR) is 54.4 cm³/mol. The first-order valence-corrected chi connectivity index (χ1v) is 4.96. The molecule has 0 saturated heterocycles. The fourth-order valence-electron chi connectivity index (χ4n) is 1.72. The number of hydrogen-bond acceptors (Lipinski definition) is 4. The molecule has 0 atom stereocenters. The number of carbonyl (C=O) groups is 1. The van der Waals surface area contributed by atoms with E-state index in [1.165, 1.54) is 0 Å². The van der Waals surface area contributed by atoms with E-state index >= 15 is 0 Å². The van der Waals surface area contributed by atoms with E-state index in [1.807, 2.05) is 0 Å². The SMILES string of the molecule is O=C(O)C1(CNc2cnccn2)CCC1. The largest absolute Gasteiger partial charge is 0.481 e. The third kappa shape index (κ3) is 1.91. The Morgan fingerprint density at radius 2 is 2.33 bits per heavy atom. The van der Waals surface area contributed by atoms with Gasteiger partial charge in [-0.25, -0.2) is 4.98 Å². The Hall–Kier alpha value is -1.65. The second-order valence-corrected chi connectivity index (χ2v) is 3.88. The Morgan fingerprint density at radius 1 is 1.53 bits per heavy atom. The molecule has 5 nitrogen and oxygen atoms in total. The lowest BCUT2D eigenvalue weighted by atomic mass is 9.69. The summed E-state index contributed by atoms with van der Waals surface area (Å²) in [7, 11) is 0. The van der Waals surface area contributed by atoms with Crippen molar-refractivity contribution in [2.45, 2.75) is 19.3 Å². The van der Waals surface area contributed by atoms with Gasteiger partial charge in [0.05, 0.1) is 11.6 Å². The molecular formula is C10H13N3O2. The predicted octanol–water partition coefficient (Wildman–Crippen LogP) is 1.14. The quantitative estimate of drug-likeness (QED) is 0.774. The topological polar surface area (TPSA) is 75.1 Å². The number of anilines is 1. The van der Waals surface area contributed by atoms with Crippen LogP contribution < -0.4 is 5.32 Å². The molecule has 0 spiro atoms. The number of nitrogens with zero attached hydrogens (tertiary/aromatic N) is 2. The van der Waals surface area contributed by atoms with Crippen LogP contribution in [0.5, 0.6) is 0 Å². The third-order valence-electron chi connectivity index (χ3n) is 2.94. The molecule has 5 heteroatoms. The minimum absolute atomic E-state index is 0.432. The first-order chi connectivity index (χ1) is 7.23. The van der Waals surface area contributed by atoms with Crippen LogP contribution in [0.2, 0.25) is 0 Å². The number of aromatic nitrogens is 2. The van der Waals surface area contributed by atoms with Crippen LogP contribution >= 0.6 is 0 Å². The molecule has 0 radical (unpaired) electrons. The van der Waals surface area contributed by atoms with Crippen LogP contribution in [0.25, 0.3) is 0 Å². The third-order valence-corrected chi connectivity index (χ3v) is 2.94. The second-order valence-electron chi connectivity index (χ2n) is 3.88. The van der Waals surface area contributed by atoms with Gasteiger partial charge >= 0.3 is 5.97 Å². The van der Waals surface area contributed by atoms with Gasteiger partial charge in [-0.1, -0.05) is 6.42 Å². The minimum atomic E-state index is -0.717. The minimum Gasteiger partial charge on any atom is -0.481 e. The zero-order valence-corrected chi connectivity index (χ0v) is 8.31. The van der Waals surface area contributed by atoms with Gasteiger partial charge in [-0.2, -0.15) is 0 Å². The summed E-state index contributed by atoms with van der Waals surface area (Å²) in [5, 5.41) is 12.1. The number of carboxylic acids is 1. The summed E-state index contributed by atoms with van der Waals surface area (Å²) < 4.78 is 0. The van der Waals surface area contributed by atoms with Crippen LogP contribution in [0.3, 0.4) is 0 Å². The van der Waals surface area contributed by atoms with E-state index in [-0.39, 0.29) is 0 Å². The Labute approximate surface area is 87.6 Å². The number of nitrogens with one attached hydrogen (secondary N) is 1. The lowest BCUT2D eigenvalue weighted by Gasteiger charge is -2.37. The van der Waals surface area contributed by atoms with Gasteiger partial charge in [0.25, 0.3) is 0 Å². The molecule has 1 aliphatic rings. The van der Waals surface area contributed by atoms with Crippen LogP contribution in [0, 0.1) is 5.41 Å². The Kier molecular flexibility index (Phi) is 2.53. The van der Waals surface area contributed by atoms with Gasteiger partial charge in [0.1, 0.15) is 5.82 Å². The molecule has 1 heterocycles. The Balaban J connectivity index is 1.95. The summed E-state index contributed by atoms with van der Waals surface area (Å²) in [5.41, 5.74) is -0.586. The van der Waals surface area contributed by atoms with Gasteiger partial charge in [0, 0.05) is 18.9 Å². The molecule has 0 unspecified atom stereocenters. The monoisotopic (exact) mass is 207 g/mol. The number of carboxylic acid groups (broad SMARTS) is 1. The molecule has 0 amide bonds. The van der Waals surface area contributed by atoms with E-state index in [0.29, 0.717) is 12.4 Å². The van der Waals surface area contributed by atoms with Gasteiger partial charge in [0.2, 0.25) is 0 Å². The standard InChI is InChI=1S/C10H13N3O2/c14-9(15)10(2-1-3-10)7-13-8-6-11-4-5-12-8/h4-6H,1-3,7H2,(H,12,13)(H,14,15). The second kappa shape index (κ2) is 3.84. The average Bonchev–Trinajstić information content (AvgIpc) is 2.17. The highest BCUT2D eigenvalue weighted by Crippen LogP contribution is 2.41. The molecule has 1 aromatic heterocycles. The number of hydrogen-bond donors (Lipinski definition) is 2. The molecule has 1 fully saturated rings. The van der Waals surface area contributed by atoms with Crippen LogP contribution in [-0.2, 0) is 4.79 Å². The summed E-state index contributed by atoms with van der Waals surface area (Å²) in [6.45, 7) is 0.432. The van der Waals surface area contributed by atoms with Crippen LogP contribution in [-0.4, -0.2) is 27.6 Å². The number of rotatable bonds is 4. The van der Waals surface area contributed by atoms with Crippen LogP contribution in [0.4, 0.5) is 5.82 Å². The fraction of sp³-hybridized carbons (Fsp3) is 0.500. The summed E-state index contributed by atoms with van der Waals surface area (Å²) in [6, 6.07) is 0. The fourth-order valence-corrected chi connectivity index (χ4v) is 1.72. The zero-order valence-electron chi connectivity index (χ0n) is 8.31. The van der Waals surface area contributed by atoms with Crippen molar-refractivity contribution in [2.24, 2.45) is 5.41 Å². The summed E-state index contributed by atoms with van der Waals surface area (Å²) in [5.74, 6) is -0.0878. The van der Waals surface area contributed by atoms with Crippen molar-refractivity contribution in [3.8, 4) is 0 Å². The molecule has 1 saturated carbocycles. The maximum Gasteiger partial charge on any atom is 0.311 e. The van der Waals surface area contributed by atoms with E-state index in [4.69, 9.17) is 5.11 Å². The molecule has 0 bridgehead atoms. The van der Waals surface area contributed by atoms with Crippen LogP contribution in [0.1, 0.15) is 19.3 Å². The lowest BCUT2D eigenvalue weighted by Crippen LogP contribution is -2.43. The highest BCUT2D eigenvalue weighted by Gasteiger charge is 2.44. The first kappa shape index (κ1) is 9.89. The van der Waals surface area contributed by atoms with Crippen LogP contribution in [0.15, 0.2) is 18.6 Å². The van der Waals surface area contributed by atoms with Gasteiger partial charge < -0.3 is 10.4 Å². The molecule has 2 N–H and O–H groups in total. The molecule has 1 aliphatic carbocycles. The van der Waals surface area contributed by atoms with Crippen molar-refractivity contribution in [1.82, 2.24) is 9.97 Å². The maximum absolute atomic E-state index is 11.0. The molecule has 80 valence electrons. The summed E-state index contributed by atoms with van der Waals surface area (Å²) >= 11 is 0. The van der Waals surface area contributed by atoms with E-state index in [2.05, 4.69) is 15.3 Å². The van der Waals surface area contributed by atoms with E-state index in [0.717, 1.165) is 19.3 Å². The molecule has 1 aromatic rings. The average molecular weight is 207 g/mol. The van der Waals surface area contributed by atoms with E-state index < -0.39 is 11.4 Å². The van der Waals surface area contributed by atoms with Crippen molar-refractivity contribution in [2.75, 3.05) is 11.9 Å². The Bertz CT molecular complexity index is 349. The van der Waals surface area contributed by atoms with Gasteiger partial charge in [0.15, 0.2) is 0 Å². The molecule has 0 aromatic carbocycles. The van der Waals surface area contributed by atoms with Crippen molar-refractivity contribution >= 4 is 11.8 Å².